The molecule has 100 valence electrons. The lowest BCUT2D eigenvalue weighted by Gasteiger charge is -2.31. The van der Waals surface area contributed by atoms with Gasteiger partial charge in [-0.2, -0.15) is 0 Å². The number of nitrogens with two attached hydrogens (primary N) is 1. The molecule has 2 atom stereocenters. The molecule has 6 heteroatoms. The molecule has 0 aliphatic carbocycles. The Morgan fingerprint density at radius 2 is 2.05 bits per heavy atom. The largest absolute Gasteiger partial charge is 0.398 e. The summed E-state index contributed by atoms with van der Waals surface area (Å²) in [5.74, 6) is -0.959. The molecular formula is C13H15N3O3. The normalized spacial score (nSPS) is 27.2. The third-order valence-electron chi connectivity index (χ3n) is 3.78. The van der Waals surface area contributed by atoms with Gasteiger partial charge in [0.05, 0.1) is 6.04 Å². The predicted octanol–water partition coefficient (Wildman–Crippen LogP) is -0.640. The minimum absolute atomic E-state index is 0.137. The van der Waals surface area contributed by atoms with Gasteiger partial charge in [-0.1, -0.05) is 12.1 Å². The van der Waals surface area contributed by atoms with Gasteiger partial charge in [-0.25, -0.2) is 0 Å². The van der Waals surface area contributed by atoms with Gasteiger partial charge >= 0.3 is 0 Å². The highest BCUT2D eigenvalue weighted by Gasteiger charge is 2.39. The van der Waals surface area contributed by atoms with Crippen LogP contribution in [0.15, 0.2) is 18.2 Å². The Morgan fingerprint density at radius 3 is 2.79 bits per heavy atom. The number of nitrogen functional groups attached to an aromatic ring is 1. The van der Waals surface area contributed by atoms with Crippen LogP contribution in [0.1, 0.15) is 17.5 Å². The Balaban J connectivity index is 1.81. The van der Waals surface area contributed by atoms with Crippen LogP contribution in [0.2, 0.25) is 0 Å². The molecule has 2 amide bonds. The molecular weight excluding hydrogens is 246 g/mol. The Labute approximate surface area is 110 Å². The van der Waals surface area contributed by atoms with Crippen molar-refractivity contribution in [2.24, 2.45) is 0 Å². The van der Waals surface area contributed by atoms with Gasteiger partial charge in [0.15, 0.2) is 0 Å². The number of benzene rings is 1. The smallest absolute Gasteiger partial charge is 0.255 e. The molecule has 0 bridgehead atoms. The van der Waals surface area contributed by atoms with E-state index in [4.69, 9.17) is 5.73 Å². The zero-order chi connectivity index (χ0) is 13.6. The number of hydrogen-bond donors (Lipinski definition) is 3. The van der Waals surface area contributed by atoms with Gasteiger partial charge in [-0.05, 0) is 17.2 Å². The molecule has 2 unspecified atom stereocenters. The van der Waals surface area contributed by atoms with Crippen molar-refractivity contribution in [1.82, 2.24) is 10.2 Å². The van der Waals surface area contributed by atoms with Crippen molar-refractivity contribution in [2.45, 2.75) is 31.7 Å². The zero-order valence-corrected chi connectivity index (χ0v) is 10.3. The van der Waals surface area contributed by atoms with Gasteiger partial charge in [-0.3, -0.25) is 19.8 Å². The number of piperidine rings is 1. The minimum Gasteiger partial charge on any atom is -0.398 e. The summed E-state index contributed by atoms with van der Waals surface area (Å²) in [6.07, 6.45) is -0.984. The number of imide groups is 1. The summed E-state index contributed by atoms with van der Waals surface area (Å²) in [5.41, 5.74) is 8.76. The molecule has 1 fully saturated rings. The lowest BCUT2D eigenvalue weighted by atomic mass is 10.0. The van der Waals surface area contributed by atoms with Crippen LogP contribution >= 0.6 is 0 Å². The second-order valence-corrected chi connectivity index (χ2v) is 5.01. The summed E-state index contributed by atoms with van der Waals surface area (Å²) in [6, 6.07) is 5.21. The lowest BCUT2D eigenvalue weighted by Crippen LogP contribution is -2.56. The second-order valence-electron chi connectivity index (χ2n) is 5.01. The second kappa shape index (κ2) is 4.32. The molecule has 2 heterocycles. The molecule has 4 N–H and O–H groups in total. The third-order valence-corrected chi connectivity index (χ3v) is 3.78. The number of carbonyl (C=O) groups excluding carboxylic acids is 2. The first-order valence-electron chi connectivity index (χ1n) is 6.19. The van der Waals surface area contributed by atoms with Crippen molar-refractivity contribution in [3.05, 3.63) is 29.3 Å². The number of nitrogens with zero attached hydrogens (tertiary/aromatic N) is 1. The fourth-order valence-electron chi connectivity index (χ4n) is 2.72. The molecule has 2 aliphatic rings. The molecule has 19 heavy (non-hydrogen) atoms. The van der Waals surface area contributed by atoms with Crippen molar-refractivity contribution in [3.63, 3.8) is 0 Å². The molecule has 0 spiro atoms. The van der Waals surface area contributed by atoms with Crippen LogP contribution in [0.25, 0.3) is 0 Å². The first kappa shape index (κ1) is 12.1. The monoisotopic (exact) mass is 261 g/mol. The number of rotatable bonds is 1. The van der Waals surface area contributed by atoms with E-state index in [1.165, 1.54) is 0 Å². The lowest BCUT2D eigenvalue weighted by molar-refractivity contribution is -0.145. The number of hydrogen-bond acceptors (Lipinski definition) is 5. The van der Waals surface area contributed by atoms with E-state index >= 15 is 0 Å². The highest BCUT2D eigenvalue weighted by molar-refractivity contribution is 6.02. The van der Waals surface area contributed by atoms with Crippen LogP contribution in [0.3, 0.4) is 0 Å². The van der Waals surface area contributed by atoms with Crippen molar-refractivity contribution in [1.29, 1.82) is 0 Å². The molecule has 1 aromatic carbocycles. The van der Waals surface area contributed by atoms with Gasteiger partial charge in [0.25, 0.3) is 5.91 Å². The topological polar surface area (TPSA) is 95.7 Å². The number of aliphatic hydroxyl groups excluding tert-OH is 1. The molecule has 2 aliphatic heterocycles. The van der Waals surface area contributed by atoms with E-state index in [0.29, 0.717) is 18.8 Å². The number of aliphatic hydroxyl groups is 1. The Morgan fingerprint density at radius 1 is 1.26 bits per heavy atom. The van der Waals surface area contributed by atoms with Crippen molar-refractivity contribution < 1.29 is 14.7 Å². The predicted molar refractivity (Wildman–Crippen MR) is 67.7 cm³/mol. The van der Waals surface area contributed by atoms with Crippen LogP contribution in [0, 0.1) is 0 Å². The van der Waals surface area contributed by atoms with Crippen LogP contribution in [-0.2, 0) is 22.7 Å². The molecule has 0 saturated carbocycles. The number of fused-ring (bicyclic) bond motifs is 1. The number of anilines is 1. The van der Waals surface area contributed by atoms with E-state index in [1.807, 2.05) is 23.1 Å². The standard InChI is InChI=1S/C13H15N3O3/c14-9-3-1-2-7-5-16(6-8(7)9)10-4-11(17)13(19)15-12(10)18/h1-3,10-11,17H,4-6,14H2,(H,15,18,19). The number of carbonyl (C=O) groups is 2. The van der Waals surface area contributed by atoms with Crippen LogP contribution in [0.4, 0.5) is 5.69 Å². The van der Waals surface area contributed by atoms with Crippen LogP contribution in [-0.4, -0.2) is 34.0 Å². The summed E-state index contributed by atoms with van der Waals surface area (Å²) in [4.78, 5) is 25.0. The Kier molecular flexibility index (Phi) is 2.76. The van der Waals surface area contributed by atoms with Gasteiger partial charge in [0.2, 0.25) is 5.91 Å². The number of nitrogens with one attached hydrogen (secondary N) is 1. The van der Waals surface area contributed by atoms with E-state index in [1.54, 1.807) is 0 Å². The maximum absolute atomic E-state index is 11.9. The van der Waals surface area contributed by atoms with E-state index in [0.717, 1.165) is 11.1 Å². The molecule has 0 aromatic heterocycles. The summed E-state index contributed by atoms with van der Waals surface area (Å²) >= 11 is 0. The summed E-state index contributed by atoms with van der Waals surface area (Å²) < 4.78 is 0. The van der Waals surface area contributed by atoms with Gasteiger partial charge in [0, 0.05) is 25.2 Å². The van der Waals surface area contributed by atoms with Crippen LogP contribution < -0.4 is 11.1 Å². The number of amides is 2. The first-order chi connectivity index (χ1) is 9.06. The quantitative estimate of drug-likeness (QED) is 0.461. The zero-order valence-electron chi connectivity index (χ0n) is 10.3. The van der Waals surface area contributed by atoms with E-state index in [-0.39, 0.29) is 12.3 Å². The summed E-state index contributed by atoms with van der Waals surface area (Å²) in [6.45, 7) is 1.18. The maximum atomic E-state index is 11.9. The molecule has 1 saturated heterocycles. The highest BCUT2D eigenvalue weighted by Crippen LogP contribution is 2.30. The van der Waals surface area contributed by atoms with Crippen molar-refractivity contribution in [3.8, 4) is 0 Å². The van der Waals surface area contributed by atoms with Crippen molar-refractivity contribution >= 4 is 17.5 Å². The minimum atomic E-state index is -1.12. The van der Waals surface area contributed by atoms with E-state index in [2.05, 4.69) is 5.32 Å². The fraction of sp³-hybridized carbons (Fsp3) is 0.385. The molecule has 1 aromatic rings. The molecule has 3 rings (SSSR count). The average molecular weight is 261 g/mol. The van der Waals surface area contributed by atoms with Crippen molar-refractivity contribution in [2.75, 3.05) is 5.73 Å². The van der Waals surface area contributed by atoms with E-state index in [9.17, 15) is 14.7 Å². The van der Waals surface area contributed by atoms with E-state index < -0.39 is 18.1 Å². The summed E-state index contributed by atoms with van der Waals surface area (Å²) in [7, 11) is 0. The van der Waals surface area contributed by atoms with Gasteiger partial charge < -0.3 is 10.8 Å². The molecule has 0 radical (unpaired) electrons. The summed E-state index contributed by atoms with van der Waals surface area (Å²) in [5, 5.41) is 11.8. The first-order valence-corrected chi connectivity index (χ1v) is 6.19. The van der Waals surface area contributed by atoms with Gasteiger partial charge in [-0.15, -0.1) is 0 Å². The average Bonchev–Trinajstić information content (AvgIpc) is 2.79. The fourth-order valence-corrected chi connectivity index (χ4v) is 2.72. The SMILES string of the molecule is Nc1cccc2c1CN(C1CC(O)C(=O)NC1=O)C2. The maximum Gasteiger partial charge on any atom is 0.255 e. The highest BCUT2D eigenvalue weighted by atomic mass is 16.3. The molecule has 6 nitrogen and oxygen atoms in total. The Bertz CT molecular complexity index is 558. The Hall–Kier alpha value is -1.92. The third kappa shape index (κ3) is 1.98. The van der Waals surface area contributed by atoms with Gasteiger partial charge in [0.1, 0.15) is 6.10 Å². The van der Waals surface area contributed by atoms with Crippen LogP contribution in [0.5, 0.6) is 0 Å².